The van der Waals surface area contributed by atoms with Crippen LogP contribution in [0.25, 0.3) is 17.3 Å². The summed E-state index contributed by atoms with van der Waals surface area (Å²) >= 11 is 1.29. The van der Waals surface area contributed by atoms with E-state index in [0.717, 1.165) is 11.3 Å². The molecular weight excluding hydrogens is 326 g/mol. The van der Waals surface area contributed by atoms with Crippen LogP contribution in [0.15, 0.2) is 52.2 Å². The molecule has 2 aromatic heterocycles. The topological polar surface area (TPSA) is 70.2 Å². The van der Waals surface area contributed by atoms with Crippen molar-refractivity contribution in [3.8, 4) is 17.3 Å². The molecule has 3 rings (SSSR count). The van der Waals surface area contributed by atoms with E-state index in [-0.39, 0.29) is 11.7 Å². The average molecular weight is 343 g/mol. The molecule has 0 unspecified atom stereocenters. The number of rotatable bonds is 6. The molecule has 0 spiro atoms. The Bertz CT molecular complexity index is 827. The first-order valence-corrected chi connectivity index (χ1v) is 8.52. The van der Waals surface area contributed by atoms with Gasteiger partial charge in [0.1, 0.15) is 0 Å². The van der Waals surface area contributed by atoms with Gasteiger partial charge in [-0.3, -0.25) is 9.36 Å². The lowest BCUT2D eigenvalue weighted by Crippen LogP contribution is -2.08. The monoisotopic (exact) mass is 343 g/mol. The van der Waals surface area contributed by atoms with E-state index in [1.54, 1.807) is 19.3 Å². The van der Waals surface area contributed by atoms with Crippen molar-refractivity contribution in [2.75, 3.05) is 12.4 Å². The summed E-state index contributed by atoms with van der Waals surface area (Å²) in [6.07, 6.45) is 1.59. The number of thioether (sulfide) groups is 1. The normalized spacial score (nSPS) is 10.8. The first-order valence-electron chi connectivity index (χ1n) is 7.53. The van der Waals surface area contributed by atoms with E-state index in [1.165, 1.54) is 11.8 Å². The van der Waals surface area contributed by atoms with Gasteiger partial charge in [-0.1, -0.05) is 23.9 Å². The predicted octanol–water partition coefficient (Wildman–Crippen LogP) is 3.49. The molecule has 1 aromatic carbocycles. The summed E-state index contributed by atoms with van der Waals surface area (Å²) in [6.45, 7) is 4.17. The predicted molar refractivity (Wildman–Crippen MR) is 91.2 cm³/mol. The van der Waals surface area contributed by atoms with E-state index in [1.807, 2.05) is 41.8 Å². The quantitative estimate of drug-likeness (QED) is 0.504. The largest absolute Gasteiger partial charge is 0.465 e. The first-order chi connectivity index (χ1) is 11.7. The van der Waals surface area contributed by atoms with Gasteiger partial charge >= 0.3 is 5.97 Å². The fraction of sp³-hybridized carbons (Fsp3) is 0.235. The smallest absolute Gasteiger partial charge is 0.316 e. The van der Waals surface area contributed by atoms with Crippen LogP contribution in [0.4, 0.5) is 0 Å². The van der Waals surface area contributed by atoms with Crippen LogP contribution in [0.1, 0.15) is 12.5 Å². The molecule has 0 radical (unpaired) electrons. The highest BCUT2D eigenvalue weighted by atomic mass is 32.2. The zero-order chi connectivity index (χ0) is 16.9. The number of aromatic nitrogens is 3. The molecule has 2 heterocycles. The van der Waals surface area contributed by atoms with E-state index in [4.69, 9.17) is 9.15 Å². The summed E-state index contributed by atoms with van der Waals surface area (Å²) < 4.78 is 12.3. The Kier molecular flexibility index (Phi) is 5.00. The maximum absolute atomic E-state index is 11.6. The number of carbonyl (C=O) groups is 1. The van der Waals surface area contributed by atoms with Crippen molar-refractivity contribution in [1.82, 2.24) is 14.8 Å². The summed E-state index contributed by atoms with van der Waals surface area (Å²) in [5.41, 5.74) is 2.03. The van der Waals surface area contributed by atoms with E-state index in [0.29, 0.717) is 23.3 Å². The van der Waals surface area contributed by atoms with Gasteiger partial charge in [-0.05, 0) is 43.7 Å². The third kappa shape index (κ3) is 3.51. The van der Waals surface area contributed by atoms with Crippen LogP contribution in [0.3, 0.4) is 0 Å². The third-order valence-corrected chi connectivity index (χ3v) is 4.16. The summed E-state index contributed by atoms with van der Waals surface area (Å²) in [5.74, 6) is 1.11. The highest BCUT2D eigenvalue weighted by molar-refractivity contribution is 7.99. The fourth-order valence-corrected chi connectivity index (χ4v) is 3.00. The third-order valence-electron chi connectivity index (χ3n) is 3.26. The number of aryl methyl sites for hydroxylation is 1. The van der Waals surface area contributed by atoms with Crippen molar-refractivity contribution in [1.29, 1.82) is 0 Å². The fourth-order valence-electron chi connectivity index (χ4n) is 2.25. The Morgan fingerprint density at radius 1 is 1.29 bits per heavy atom. The lowest BCUT2D eigenvalue weighted by molar-refractivity contribution is -0.139. The summed E-state index contributed by atoms with van der Waals surface area (Å²) in [6, 6.07) is 11.6. The minimum atomic E-state index is -0.277. The molecule has 0 saturated carbocycles. The molecule has 6 nitrogen and oxygen atoms in total. The first kappa shape index (κ1) is 16.3. The van der Waals surface area contributed by atoms with Gasteiger partial charge in [0.25, 0.3) is 0 Å². The van der Waals surface area contributed by atoms with E-state index in [2.05, 4.69) is 10.2 Å². The van der Waals surface area contributed by atoms with Gasteiger partial charge in [0.05, 0.1) is 24.3 Å². The van der Waals surface area contributed by atoms with Gasteiger partial charge in [-0.25, -0.2) is 0 Å². The SMILES string of the molecule is CCOC(=O)CSc1nnc(-c2ccco2)n1-c1cccc(C)c1. The Balaban J connectivity index is 1.99. The van der Waals surface area contributed by atoms with Crippen LogP contribution in [0.2, 0.25) is 0 Å². The number of benzene rings is 1. The summed E-state index contributed by atoms with van der Waals surface area (Å²) in [5, 5.41) is 9.06. The molecule has 0 amide bonds. The van der Waals surface area contributed by atoms with Crippen molar-refractivity contribution in [3.63, 3.8) is 0 Å². The van der Waals surface area contributed by atoms with Gasteiger partial charge in [-0.2, -0.15) is 0 Å². The number of hydrogen-bond donors (Lipinski definition) is 0. The minimum absolute atomic E-state index is 0.177. The van der Waals surface area contributed by atoms with Gasteiger partial charge in [-0.15, -0.1) is 10.2 Å². The Labute approximate surface area is 143 Å². The van der Waals surface area contributed by atoms with E-state index >= 15 is 0 Å². The van der Waals surface area contributed by atoms with Gasteiger partial charge in [0, 0.05) is 0 Å². The number of ether oxygens (including phenoxy) is 1. The van der Waals surface area contributed by atoms with Gasteiger partial charge in [0.15, 0.2) is 10.9 Å². The van der Waals surface area contributed by atoms with Crippen LogP contribution < -0.4 is 0 Å². The molecule has 124 valence electrons. The zero-order valence-electron chi connectivity index (χ0n) is 13.4. The van der Waals surface area contributed by atoms with E-state index < -0.39 is 0 Å². The number of hydrogen-bond acceptors (Lipinski definition) is 6. The van der Waals surface area contributed by atoms with Gasteiger partial charge < -0.3 is 9.15 Å². The van der Waals surface area contributed by atoms with Crippen molar-refractivity contribution >= 4 is 17.7 Å². The Morgan fingerprint density at radius 3 is 2.88 bits per heavy atom. The molecule has 0 aliphatic rings. The summed E-state index contributed by atoms with van der Waals surface area (Å²) in [7, 11) is 0. The van der Waals surface area contributed by atoms with Crippen molar-refractivity contribution in [3.05, 3.63) is 48.2 Å². The molecule has 24 heavy (non-hydrogen) atoms. The van der Waals surface area contributed by atoms with Crippen LogP contribution in [0.5, 0.6) is 0 Å². The van der Waals surface area contributed by atoms with Crippen LogP contribution in [0, 0.1) is 6.92 Å². The molecule has 0 saturated heterocycles. The molecular formula is C17H17N3O3S. The van der Waals surface area contributed by atoms with Gasteiger partial charge in [0.2, 0.25) is 5.82 Å². The summed E-state index contributed by atoms with van der Waals surface area (Å²) in [4.78, 5) is 11.6. The van der Waals surface area contributed by atoms with Crippen LogP contribution in [-0.4, -0.2) is 33.1 Å². The van der Waals surface area contributed by atoms with Crippen LogP contribution in [-0.2, 0) is 9.53 Å². The maximum Gasteiger partial charge on any atom is 0.316 e. The minimum Gasteiger partial charge on any atom is -0.465 e. The number of carbonyl (C=O) groups excluding carboxylic acids is 1. The molecule has 0 aliphatic heterocycles. The molecule has 7 heteroatoms. The lowest BCUT2D eigenvalue weighted by Gasteiger charge is -2.09. The zero-order valence-corrected chi connectivity index (χ0v) is 14.2. The van der Waals surface area contributed by atoms with E-state index in [9.17, 15) is 4.79 Å². The second kappa shape index (κ2) is 7.35. The average Bonchev–Trinajstić information content (AvgIpc) is 3.22. The number of nitrogens with zero attached hydrogens (tertiary/aromatic N) is 3. The Morgan fingerprint density at radius 2 is 2.17 bits per heavy atom. The number of esters is 1. The molecule has 0 N–H and O–H groups in total. The molecule has 3 aromatic rings. The molecule has 0 fully saturated rings. The van der Waals surface area contributed by atoms with Crippen molar-refractivity contribution in [2.24, 2.45) is 0 Å². The second-order valence-corrected chi connectivity index (χ2v) is 5.99. The van der Waals surface area contributed by atoms with Crippen LogP contribution >= 0.6 is 11.8 Å². The highest BCUT2D eigenvalue weighted by Crippen LogP contribution is 2.28. The van der Waals surface area contributed by atoms with Crippen molar-refractivity contribution in [2.45, 2.75) is 19.0 Å². The number of furan rings is 1. The van der Waals surface area contributed by atoms with Crippen molar-refractivity contribution < 1.29 is 13.9 Å². The second-order valence-electron chi connectivity index (χ2n) is 5.05. The molecule has 0 atom stereocenters. The highest BCUT2D eigenvalue weighted by Gasteiger charge is 2.19. The molecule has 0 bridgehead atoms. The standard InChI is InChI=1S/C17H17N3O3S/c1-3-22-15(21)11-24-17-19-18-16(14-8-5-9-23-14)20(17)13-7-4-6-12(2)10-13/h4-10H,3,11H2,1-2H3. The molecule has 0 aliphatic carbocycles. The Hall–Kier alpha value is -2.54. The maximum atomic E-state index is 11.6. The lowest BCUT2D eigenvalue weighted by atomic mass is 10.2.